The number of rotatable bonds is 7. The molecule has 7 aromatic rings. The van der Waals surface area contributed by atoms with Crippen LogP contribution in [0.15, 0.2) is 152 Å². The SMILES string of the molecule is CC1(C)c2ccccc2-c2ccc(N(c3ccc(-c4ccccc4C4CCCCC4)cc3)c3ccc(C4CC5CCC4C5)cc3)c(-c3ccc4ccccc4c3)c21. The summed E-state index contributed by atoms with van der Waals surface area (Å²) in [4.78, 5) is 2.56. The van der Waals surface area contributed by atoms with Crippen molar-refractivity contribution in [2.75, 3.05) is 4.90 Å². The monoisotopic (exact) mass is 739 g/mol. The van der Waals surface area contributed by atoms with Crippen LogP contribution in [0.5, 0.6) is 0 Å². The van der Waals surface area contributed by atoms with E-state index in [9.17, 15) is 0 Å². The van der Waals surface area contributed by atoms with Gasteiger partial charge in [0.25, 0.3) is 0 Å². The smallest absolute Gasteiger partial charge is 0.0543 e. The molecule has 1 nitrogen and oxygen atoms in total. The summed E-state index contributed by atoms with van der Waals surface area (Å²) in [6.45, 7) is 4.86. The Bertz CT molecular complexity index is 2600. The van der Waals surface area contributed by atoms with E-state index in [0.29, 0.717) is 11.8 Å². The number of fused-ring (bicyclic) bond motifs is 6. The second-order valence-electron chi connectivity index (χ2n) is 18.3. The van der Waals surface area contributed by atoms with Crippen LogP contribution in [0.3, 0.4) is 0 Å². The van der Waals surface area contributed by atoms with E-state index < -0.39 is 0 Å². The van der Waals surface area contributed by atoms with Gasteiger partial charge in [0.15, 0.2) is 0 Å². The van der Waals surface area contributed by atoms with E-state index in [-0.39, 0.29) is 5.41 Å². The van der Waals surface area contributed by atoms with Crippen LogP contribution in [0.2, 0.25) is 0 Å². The summed E-state index contributed by atoms with van der Waals surface area (Å²) in [6, 6.07) is 58.3. The van der Waals surface area contributed by atoms with E-state index in [4.69, 9.17) is 0 Å². The van der Waals surface area contributed by atoms with Crippen molar-refractivity contribution in [2.45, 2.75) is 88.9 Å². The summed E-state index contributed by atoms with van der Waals surface area (Å²) in [5.74, 6) is 3.16. The minimum absolute atomic E-state index is 0.174. The molecule has 0 aliphatic heterocycles. The minimum Gasteiger partial charge on any atom is -0.310 e. The van der Waals surface area contributed by atoms with Gasteiger partial charge in [-0.15, -0.1) is 0 Å². The van der Waals surface area contributed by atoms with Gasteiger partial charge in [-0.05, 0) is 153 Å². The Kier molecular flexibility index (Phi) is 8.50. The van der Waals surface area contributed by atoms with Crippen molar-refractivity contribution in [1.82, 2.24) is 0 Å². The van der Waals surface area contributed by atoms with Crippen molar-refractivity contribution in [3.05, 3.63) is 174 Å². The number of hydrogen-bond donors (Lipinski definition) is 0. The second-order valence-corrected chi connectivity index (χ2v) is 18.3. The molecule has 3 unspecified atom stereocenters. The third-order valence-electron chi connectivity index (χ3n) is 14.7. The highest BCUT2D eigenvalue weighted by atomic mass is 15.1. The van der Waals surface area contributed by atoms with E-state index in [1.165, 1.54) is 141 Å². The van der Waals surface area contributed by atoms with Gasteiger partial charge >= 0.3 is 0 Å². The third kappa shape index (κ3) is 5.88. The zero-order valence-corrected chi connectivity index (χ0v) is 33.6. The topological polar surface area (TPSA) is 3.24 Å². The fourth-order valence-electron chi connectivity index (χ4n) is 12.0. The average Bonchev–Trinajstić information content (AvgIpc) is 3.97. The molecular weight excluding hydrogens is 687 g/mol. The number of anilines is 3. The van der Waals surface area contributed by atoms with Gasteiger partial charge in [0, 0.05) is 22.4 Å². The summed E-state index contributed by atoms with van der Waals surface area (Å²) < 4.78 is 0. The van der Waals surface area contributed by atoms with Crippen LogP contribution in [-0.4, -0.2) is 0 Å². The van der Waals surface area contributed by atoms with Gasteiger partial charge in [0.2, 0.25) is 0 Å². The molecule has 3 atom stereocenters. The van der Waals surface area contributed by atoms with Crippen molar-refractivity contribution in [1.29, 1.82) is 0 Å². The first-order valence-electron chi connectivity index (χ1n) is 21.9. The summed E-state index contributed by atoms with van der Waals surface area (Å²) in [7, 11) is 0. The number of hydrogen-bond acceptors (Lipinski definition) is 1. The Balaban J connectivity index is 1.10. The van der Waals surface area contributed by atoms with Crippen LogP contribution in [0.1, 0.15) is 106 Å². The van der Waals surface area contributed by atoms with E-state index in [2.05, 4.69) is 170 Å². The highest BCUT2D eigenvalue weighted by molar-refractivity contribution is 6.00. The lowest BCUT2D eigenvalue weighted by molar-refractivity contribution is 0.420. The van der Waals surface area contributed by atoms with Gasteiger partial charge in [-0.1, -0.05) is 155 Å². The fourth-order valence-corrected chi connectivity index (χ4v) is 12.0. The molecule has 0 spiro atoms. The maximum absolute atomic E-state index is 2.56. The fraction of sp³-hybridized carbons (Fsp3) is 0.286. The molecule has 0 N–H and O–H groups in total. The normalized spacial score (nSPS) is 20.8. The molecule has 3 fully saturated rings. The molecule has 0 radical (unpaired) electrons. The van der Waals surface area contributed by atoms with Crippen molar-refractivity contribution in [3.8, 4) is 33.4 Å². The Morgan fingerprint density at radius 2 is 1.21 bits per heavy atom. The largest absolute Gasteiger partial charge is 0.310 e. The minimum atomic E-state index is -0.174. The number of benzene rings is 7. The summed E-state index contributed by atoms with van der Waals surface area (Å²) in [5.41, 5.74) is 17.3. The third-order valence-corrected chi connectivity index (χ3v) is 14.7. The summed E-state index contributed by atoms with van der Waals surface area (Å²) in [6.07, 6.45) is 12.3. The van der Waals surface area contributed by atoms with E-state index in [1.807, 2.05) is 0 Å². The van der Waals surface area contributed by atoms with E-state index >= 15 is 0 Å². The van der Waals surface area contributed by atoms with Gasteiger partial charge in [-0.2, -0.15) is 0 Å². The van der Waals surface area contributed by atoms with Gasteiger partial charge in [-0.25, -0.2) is 0 Å². The Hall–Kier alpha value is -5.40. The van der Waals surface area contributed by atoms with Crippen LogP contribution in [0, 0.1) is 11.8 Å². The van der Waals surface area contributed by atoms with Crippen LogP contribution < -0.4 is 4.90 Å². The lowest BCUT2D eigenvalue weighted by Gasteiger charge is -2.32. The molecule has 4 aliphatic carbocycles. The molecule has 0 saturated heterocycles. The molecule has 4 aliphatic rings. The molecule has 0 aromatic heterocycles. The van der Waals surface area contributed by atoms with Crippen molar-refractivity contribution in [2.24, 2.45) is 11.8 Å². The second kappa shape index (κ2) is 13.9. The van der Waals surface area contributed by atoms with Crippen molar-refractivity contribution >= 4 is 27.8 Å². The van der Waals surface area contributed by atoms with Crippen molar-refractivity contribution < 1.29 is 0 Å². The number of nitrogens with zero attached hydrogens (tertiary/aromatic N) is 1. The lowest BCUT2D eigenvalue weighted by atomic mass is 9.78. The first-order chi connectivity index (χ1) is 28.0. The Labute approximate surface area is 339 Å². The van der Waals surface area contributed by atoms with Crippen LogP contribution in [-0.2, 0) is 5.41 Å². The maximum Gasteiger partial charge on any atom is 0.0543 e. The lowest BCUT2D eigenvalue weighted by Crippen LogP contribution is -2.19. The molecule has 1 heteroatoms. The predicted octanol–water partition coefficient (Wildman–Crippen LogP) is 15.9. The molecule has 2 bridgehead atoms. The van der Waals surface area contributed by atoms with Crippen molar-refractivity contribution in [3.63, 3.8) is 0 Å². The average molecular weight is 740 g/mol. The van der Waals surface area contributed by atoms with Crippen LogP contribution in [0.4, 0.5) is 17.1 Å². The Morgan fingerprint density at radius 3 is 1.96 bits per heavy atom. The molecule has 0 heterocycles. The molecule has 3 saturated carbocycles. The van der Waals surface area contributed by atoms with Gasteiger partial charge in [0.05, 0.1) is 5.69 Å². The molecular formula is C56H53N. The van der Waals surface area contributed by atoms with E-state index in [0.717, 1.165) is 11.8 Å². The van der Waals surface area contributed by atoms with Gasteiger partial charge in [0.1, 0.15) is 0 Å². The molecule has 282 valence electrons. The predicted molar refractivity (Wildman–Crippen MR) is 241 cm³/mol. The molecule has 57 heavy (non-hydrogen) atoms. The maximum atomic E-state index is 2.56. The van der Waals surface area contributed by atoms with Gasteiger partial charge < -0.3 is 4.90 Å². The summed E-state index contributed by atoms with van der Waals surface area (Å²) >= 11 is 0. The quantitative estimate of drug-likeness (QED) is 0.157. The first kappa shape index (κ1) is 34.8. The van der Waals surface area contributed by atoms with Crippen LogP contribution in [0.25, 0.3) is 44.2 Å². The van der Waals surface area contributed by atoms with E-state index in [1.54, 1.807) is 0 Å². The highest BCUT2D eigenvalue weighted by Gasteiger charge is 2.41. The molecule has 0 amide bonds. The Morgan fingerprint density at radius 1 is 0.526 bits per heavy atom. The first-order valence-corrected chi connectivity index (χ1v) is 21.9. The highest BCUT2D eigenvalue weighted by Crippen LogP contribution is 2.57. The molecule has 11 rings (SSSR count). The standard InChI is InChI=1S/C56H53N/c1-56(2)52-19-11-10-18-49(52)50-32-33-53(54(55(50)56)44-23-22-38-12-6-7-15-42(38)36-44)57(46-30-26-41(27-31-46)51-35-37-20-21-43(51)34-37)45-28-24-40(25-29-45)48-17-9-8-16-47(48)39-13-4-3-5-14-39/h6-12,15-19,22-33,36-37,39,43,51H,3-5,13-14,20-21,34-35H2,1-2H3. The van der Waals surface area contributed by atoms with Gasteiger partial charge in [-0.3, -0.25) is 0 Å². The zero-order valence-electron chi connectivity index (χ0n) is 33.6. The summed E-state index contributed by atoms with van der Waals surface area (Å²) in [5, 5.41) is 2.55. The zero-order chi connectivity index (χ0) is 38.1. The molecule has 7 aromatic carbocycles. The van der Waals surface area contributed by atoms with Crippen LogP contribution >= 0.6 is 0 Å².